The number of nitrogens with zero attached hydrogens (tertiary/aromatic N) is 4. The molecular formula is C22H26N6O. The third-order valence-electron chi connectivity index (χ3n) is 6.16. The molecule has 1 amide bonds. The van der Waals surface area contributed by atoms with E-state index in [-0.39, 0.29) is 5.91 Å². The van der Waals surface area contributed by atoms with Crippen LogP contribution in [0.2, 0.25) is 0 Å². The Balaban J connectivity index is 1.53. The first-order valence-corrected chi connectivity index (χ1v) is 10.6. The fraction of sp³-hybridized carbons (Fsp3) is 0.455. The van der Waals surface area contributed by atoms with Gasteiger partial charge in [0.05, 0.1) is 5.57 Å². The van der Waals surface area contributed by atoms with Crippen LogP contribution in [0.3, 0.4) is 0 Å². The number of likely N-dealkylation sites (tertiary alicyclic amines) is 1. The van der Waals surface area contributed by atoms with E-state index in [1.54, 1.807) is 12.4 Å². The molecule has 1 saturated heterocycles. The number of rotatable bonds is 4. The third kappa shape index (κ3) is 3.62. The van der Waals surface area contributed by atoms with Crippen molar-refractivity contribution in [1.82, 2.24) is 25.3 Å². The van der Waals surface area contributed by atoms with Gasteiger partial charge in [-0.1, -0.05) is 6.42 Å². The second-order valence-electron chi connectivity index (χ2n) is 8.10. The van der Waals surface area contributed by atoms with Gasteiger partial charge in [0.2, 0.25) is 0 Å². The molecule has 0 spiro atoms. The van der Waals surface area contributed by atoms with Crippen LogP contribution in [-0.2, 0) is 24.2 Å². The predicted octanol–water partition coefficient (Wildman–Crippen LogP) is 2.59. The topological polar surface area (TPSA) is 86.3 Å². The number of aromatic amines is 1. The summed E-state index contributed by atoms with van der Waals surface area (Å²) in [6.45, 7) is 3.27. The Bertz CT molecular complexity index is 969. The largest absolute Gasteiger partial charge is 0.358 e. The second kappa shape index (κ2) is 7.91. The van der Waals surface area contributed by atoms with Gasteiger partial charge in [0.15, 0.2) is 0 Å². The number of aryl methyl sites for hydroxylation is 1. The van der Waals surface area contributed by atoms with Gasteiger partial charge in [-0.3, -0.25) is 9.69 Å². The third-order valence-corrected chi connectivity index (χ3v) is 6.16. The van der Waals surface area contributed by atoms with Gasteiger partial charge >= 0.3 is 0 Å². The molecule has 7 heteroatoms. The quantitative estimate of drug-likeness (QED) is 0.786. The van der Waals surface area contributed by atoms with Crippen LogP contribution in [0.25, 0.3) is 6.08 Å². The molecule has 2 N–H and O–H groups in total. The first-order valence-electron chi connectivity index (χ1n) is 10.6. The van der Waals surface area contributed by atoms with E-state index in [0.29, 0.717) is 11.3 Å². The Labute approximate surface area is 170 Å². The first-order chi connectivity index (χ1) is 14.3. The fourth-order valence-electron chi connectivity index (χ4n) is 4.68. The molecule has 4 heterocycles. The van der Waals surface area contributed by atoms with E-state index in [0.717, 1.165) is 43.7 Å². The van der Waals surface area contributed by atoms with Crippen LogP contribution in [0.1, 0.15) is 60.2 Å². The van der Waals surface area contributed by atoms with Crippen molar-refractivity contribution < 1.29 is 4.79 Å². The molecule has 0 aromatic carbocycles. The number of hydrazone groups is 1. The van der Waals surface area contributed by atoms with Gasteiger partial charge in [-0.25, -0.2) is 15.4 Å². The summed E-state index contributed by atoms with van der Waals surface area (Å²) in [5, 5.41) is 4.24. The minimum Gasteiger partial charge on any atom is -0.358 e. The van der Waals surface area contributed by atoms with E-state index in [1.165, 1.54) is 55.3 Å². The van der Waals surface area contributed by atoms with Crippen LogP contribution in [0.15, 0.2) is 29.4 Å². The molecule has 7 nitrogen and oxygen atoms in total. The van der Waals surface area contributed by atoms with Crippen LogP contribution in [0.5, 0.6) is 0 Å². The lowest BCUT2D eigenvalue weighted by molar-refractivity contribution is -0.116. The number of hydrogen-bond donors (Lipinski definition) is 2. The Kier molecular flexibility index (Phi) is 4.97. The minimum absolute atomic E-state index is 0.180. The number of nitrogens with one attached hydrogen (secondary N) is 2. The number of hydrogen-bond acceptors (Lipinski definition) is 5. The SMILES string of the molecule is O=C1NN=C(c2cncnc2)/C1=C\c1[nH]c2c(c1CN1CCCCC1)CCCC2. The van der Waals surface area contributed by atoms with Crippen molar-refractivity contribution in [1.29, 1.82) is 0 Å². The zero-order valence-electron chi connectivity index (χ0n) is 16.6. The van der Waals surface area contributed by atoms with Crippen molar-refractivity contribution in [3.63, 3.8) is 0 Å². The van der Waals surface area contributed by atoms with Gasteiger partial charge in [-0.15, -0.1) is 0 Å². The van der Waals surface area contributed by atoms with Crippen LogP contribution < -0.4 is 5.43 Å². The van der Waals surface area contributed by atoms with Crippen LogP contribution in [0, 0.1) is 0 Å². The summed E-state index contributed by atoms with van der Waals surface area (Å²) < 4.78 is 0. The van der Waals surface area contributed by atoms with E-state index in [4.69, 9.17) is 0 Å². The number of aromatic nitrogens is 3. The van der Waals surface area contributed by atoms with E-state index in [1.807, 2.05) is 6.08 Å². The highest BCUT2D eigenvalue weighted by Gasteiger charge is 2.27. The number of amides is 1. The highest BCUT2D eigenvalue weighted by Crippen LogP contribution is 2.31. The van der Waals surface area contributed by atoms with Crippen molar-refractivity contribution in [2.24, 2.45) is 5.10 Å². The molecule has 2 aromatic rings. The lowest BCUT2D eigenvalue weighted by atomic mass is 9.93. The molecule has 1 aliphatic carbocycles. The molecule has 0 saturated carbocycles. The van der Waals surface area contributed by atoms with Gasteiger partial charge in [-0.2, -0.15) is 5.10 Å². The zero-order valence-corrected chi connectivity index (χ0v) is 16.6. The highest BCUT2D eigenvalue weighted by molar-refractivity contribution is 6.33. The molecule has 0 unspecified atom stereocenters. The number of piperidine rings is 1. The molecule has 1 fully saturated rings. The van der Waals surface area contributed by atoms with Crippen LogP contribution in [-0.4, -0.2) is 44.6 Å². The summed E-state index contributed by atoms with van der Waals surface area (Å²) in [6, 6.07) is 0. The molecule has 0 atom stereocenters. The monoisotopic (exact) mass is 390 g/mol. The summed E-state index contributed by atoms with van der Waals surface area (Å²) in [5.41, 5.74) is 9.74. The van der Waals surface area contributed by atoms with Crippen molar-refractivity contribution >= 4 is 17.7 Å². The summed E-state index contributed by atoms with van der Waals surface area (Å²) in [5.74, 6) is -0.180. The van der Waals surface area contributed by atoms with Crippen molar-refractivity contribution in [3.05, 3.63) is 52.4 Å². The van der Waals surface area contributed by atoms with Crippen LogP contribution in [0.4, 0.5) is 0 Å². The van der Waals surface area contributed by atoms with Crippen molar-refractivity contribution in [3.8, 4) is 0 Å². The Hall–Kier alpha value is -2.80. The molecule has 29 heavy (non-hydrogen) atoms. The number of fused-ring (bicyclic) bond motifs is 1. The fourth-order valence-corrected chi connectivity index (χ4v) is 4.68. The maximum atomic E-state index is 12.5. The van der Waals surface area contributed by atoms with Gasteiger partial charge in [0, 0.05) is 35.9 Å². The smallest absolute Gasteiger partial charge is 0.273 e. The Morgan fingerprint density at radius 3 is 2.66 bits per heavy atom. The highest BCUT2D eigenvalue weighted by atomic mass is 16.2. The van der Waals surface area contributed by atoms with Crippen molar-refractivity contribution in [2.45, 2.75) is 51.5 Å². The van der Waals surface area contributed by atoms with Crippen LogP contribution >= 0.6 is 0 Å². The standard InChI is InChI=1S/C22H26N6O/c29-22-17(21(26-27-22)15-11-23-14-24-12-15)10-20-18(13-28-8-4-1-5-9-28)16-6-2-3-7-19(16)25-20/h10-12,14,25H,1-9,13H2,(H,27,29)/b17-10+. The van der Waals surface area contributed by atoms with Gasteiger partial charge < -0.3 is 4.98 Å². The maximum Gasteiger partial charge on any atom is 0.273 e. The van der Waals surface area contributed by atoms with E-state index in [2.05, 4.69) is 30.4 Å². The molecule has 5 rings (SSSR count). The number of carbonyl (C=O) groups is 1. The van der Waals surface area contributed by atoms with Gasteiger partial charge in [0.1, 0.15) is 12.0 Å². The molecule has 150 valence electrons. The lowest BCUT2D eigenvalue weighted by Crippen LogP contribution is -2.29. The van der Waals surface area contributed by atoms with Crippen molar-refractivity contribution in [2.75, 3.05) is 13.1 Å². The average Bonchev–Trinajstić information content (AvgIpc) is 3.30. The van der Waals surface area contributed by atoms with Gasteiger partial charge in [-0.05, 0) is 68.8 Å². The zero-order chi connectivity index (χ0) is 19.6. The van der Waals surface area contributed by atoms with E-state index < -0.39 is 0 Å². The lowest BCUT2D eigenvalue weighted by Gasteiger charge is -2.27. The summed E-state index contributed by atoms with van der Waals surface area (Å²) >= 11 is 0. The summed E-state index contributed by atoms with van der Waals surface area (Å²) in [4.78, 5) is 26.9. The number of H-pyrrole nitrogens is 1. The molecule has 2 aliphatic heterocycles. The van der Waals surface area contributed by atoms with E-state index in [9.17, 15) is 4.79 Å². The first kappa shape index (κ1) is 18.2. The normalized spacial score (nSPS) is 21.2. The predicted molar refractivity (Wildman–Crippen MR) is 111 cm³/mol. The summed E-state index contributed by atoms with van der Waals surface area (Å²) in [7, 11) is 0. The summed E-state index contributed by atoms with van der Waals surface area (Å²) in [6.07, 6.45) is 15.4. The average molecular weight is 390 g/mol. The molecule has 0 radical (unpaired) electrons. The Morgan fingerprint density at radius 1 is 1.03 bits per heavy atom. The maximum absolute atomic E-state index is 12.5. The molecule has 3 aliphatic rings. The van der Waals surface area contributed by atoms with Gasteiger partial charge in [0.25, 0.3) is 5.91 Å². The minimum atomic E-state index is -0.180. The number of carbonyl (C=O) groups excluding carboxylic acids is 1. The van der Waals surface area contributed by atoms with E-state index >= 15 is 0 Å². The molecule has 0 bridgehead atoms. The second-order valence-corrected chi connectivity index (χ2v) is 8.10. The molecule has 2 aromatic heterocycles. The molecular weight excluding hydrogens is 364 g/mol. The Morgan fingerprint density at radius 2 is 1.83 bits per heavy atom.